The van der Waals surface area contributed by atoms with Gasteiger partial charge < -0.3 is 19.2 Å². The molecular weight excluding hydrogens is 264 g/mol. The molecule has 1 spiro atoms. The van der Waals surface area contributed by atoms with E-state index in [1.54, 1.807) is 25.1 Å². The van der Waals surface area contributed by atoms with Crippen molar-refractivity contribution in [1.29, 1.82) is 0 Å². The Morgan fingerprint density at radius 3 is 3.05 bits per heavy atom. The highest BCUT2D eigenvalue weighted by molar-refractivity contribution is 6.01. The molecule has 0 aromatic carbocycles. The molecule has 1 amide bonds. The number of hydrogen-bond donors (Lipinski definition) is 0. The molecule has 0 N–H and O–H groups in total. The van der Waals surface area contributed by atoms with Crippen LogP contribution in [0.25, 0.3) is 0 Å². The van der Waals surface area contributed by atoms with Crippen molar-refractivity contribution in [1.82, 2.24) is 5.16 Å². The van der Waals surface area contributed by atoms with Crippen LogP contribution >= 0.6 is 0 Å². The van der Waals surface area contributed by atoms with Crippen molar-refractivity contribution in [2.75, 3.05) is 11.4 Å². The lowest BCUT2D eigenvalue weighted by atomic mass is 9.77. The summed E-state index contributed by atoms with van der Waals surface area (Å²) >= 11 is 0. The third-order valence-corrected chi connectivity index (χ3v) is 4.26. The molecule has 0 radical (unpaired) electrons. The number of ether oxygens (including phenoxy) is 1. The minimum Gasteiger partial charge on any atom is -0.550 e. The number of aliphatic carboxylic acids is 1. The molecule has 3 aliphatic rings. The van der Waals surface area contributed by atoms with Crippen LogP contribution in [-0.2, 0) is 14.3 Å². The number of carboxylic acid groups (broad SMARTS) is 1. The standard InChI is InChI=1S/C13H12N2O5/c1-6-4-8(14-20-6)15-5-13-3-2-7(19-13)9(12(17)18)10(13)11(15)16/h2-4,7,9-10H,5H2,1H3,(H,17,18)/p-1/t7-,9-,10-,13+/m0/s1. The quantitative estimate of drug-likeness (QED) is 0.644. The summed E-state index contributed by atoms with van der Waals surface area (Å²) in [5.41, 5.74) is -0.876. The van der Waals surface area contributed by atoms with Gasteiger partial charge in [-0.2, -0.15) is 0 Å². The van der Waals surface area contributed by atoms with Gasteiger partial charge in [-0.3, -0.25) is 9.69 Å². The Kier molecular flexibility index (Phi) is 2.03. The van der Waals surface area contributed by atoms with Crippen LogP contribution < -0.4 is 10.0 Å². The van der Waals surface area contributed by atoms with Gasteiger partial charge in [0.05, 0.1) is 18.6 Å². The van der Waals surface area contributed by atoms with Crippen LogP contribution in [0.1, 0.15) is 5.76 Å². The van der Waals surface area contributed by atoms with E-state index < -0.39 is 29.5 Å². The summed E-state index contributed by atoms with van der Waals surface area (Å²) in [6.07, 6.45) is 2.91. The van der Waals surface area contributed by atoms with Crippen molar-refractivity contribution in [3.63, 3.8) is 0 Å². The molecule has 4 rings (SSSR count). The highest BCUT2D eigenvalue weighted by atomic mass is 16.5. The molecule has 104 valence electrons. The number of hydrogen-bond acceptors (Lipinski definition) is 6. The molecule has 0 unspecified atom stereocenters. The average molecular weight is 275 g/mol. The van der Waals surface area contributed by atoms with E-state index in [4.69, 9.17) is 9.26 Å². The summed E-state index contributed by atoms with van der Waals surface area (Å²) in [5.74, 6) is -2.28. The van der Waals surface area contributed by atoms with Gasteiger partial charge >= 0.3 is 0 Å². The monoisotopic (exact) mass is 275 g/mol. The molecule has 0 aliphatic carbocycles. The third-order valence-electron chi connectivity index (χ3n) is 4.26. The Balaban J connectivity index is 1.75. The fraction of sp³-hybridized carbons (Fsp3) is 0.462. The first-order valence-electron chi connectivity index (χ1n) is 6.34. The number of carbonyl (C=O) groups is 2. The van der Waals surface area contributed by atoms with Crippen molar-refractivity contribution in [3.05, 3.63) is 24.0 Å². The van der Waals surface area contributed by atoms with Gasteiger partial charge in [-0.05, 0) is 6.92 Å². The van der Waals surface area contributed by atoms with Crippen LogP contribution in [0.4, 0.5) is 5.82 Å². The Morgan fingerprint density at radius 1 is 1.60 bits per heavy atom. The van der Waals surface area contributed by atoms with Crippen LogP contribution in [-0.4, -0.2) is 35.3 Å². The number of aryl methyl sites for hydroxylation is 1. The fourth-order valence-corrected chi connectivity index (χ4v) is 3.44. The maximum Gasteiger partial charge on any atom is 0.235 e. The molecule has 20 heavy (non-hydrogen) atoms. The van der Waals surface area contributed by atoms with Crippen LogP contribution in [0.3, 0.4) is 0 Å². The fourth-order valence-electron chi connectivity index (χ4n) is 3.44. The first-order valence-corrected chi connectivity index (χ1v) is 6.34. The topological polar surface area (TPSA) is 95.7 Å². The lowest BCUT2D eigenvalue weighted by Crippen LogP contribution is -2.45. The molecular formula is C13H11N2O5-. The van der Waals surface area contributed by atoms with E-state index in [1.807, 2.05) is 0 Å². The van der Waals surface area contributed by atoms with Crippen molar-refractivity contribution >= 4 is 17.7 Å². The molecule has 2 bridgehead atoms. The average Bonchev–Trinajstić information content (AvgIpc) is 3.10. The molecule has 2 saturated heterocycles. The van der Waals surface area contributed by atoms with Gasteiger partial charge in [0.25, 0.3) is 0 Å². The van der Waals surface area contributed by atoms with Crippen LogP contribution in [0.5, 0.6) is 0 Å². The van der Waals surface area contributed by atoms with Crippen molar-refractivity contribution in [2.24, 2.45) is 11.8 Å². The molecule has 3 aliphatic heterocycles. The number of carboxylic acids is 1. The van der Waals surface area contributed by atoms with Crippen LogP contribution in [0.2, 0.25) is 0 Å². The SMILES string of the molecule is Cc1cc(N2C[C@@]34C=C[C@H](O3)[C@H](C(=O)[O-])[C@H]4C2=O)no1. The van der Waals surface area contributed by atoms with E-state index in [2.05, 4.69) is 5.16 Å². The summed E-state index contributed by atoms with van der Waals surface area (Å²) in [4.78, 5) is 25.2. The molecule has 7 nitrogen and oxygen atoms in total. The highest BCUT2D eigenvalue weighted by Gasteiger charge is 2.65. The van der Waals surface area contributed by atoms with Gasteiger partial charge in [0.15, 0.2) is 5.82 Å². The largest absolute Gasteiger partial charge is 0.550 e. The minimum atomic E-state index is -1.25. The normalized spacial score (nSPS) is 37.8. The van der Waals surface area contributed by atoms with Crippen molar-refractivity contribution in [3.8, 4) is 0 Å². The summed E-state index contributed by atoms with van der Waals surface area (Å²) in [6.45, 7) is 1.97. The number of aromatic nitrogens is 1. The zero-order chi connectivity index (χ0) is 14.1. The van der Waals surface area contributed by atoms with Gasteiger partial charge in [0.1, 0.15) is 11.4 Å². The number of anilines is 1. The number of fused-ring (bicyclic) bond motifs is 1. The summed E-state index contributed by atoms with van der Waals surface area (Å²) in [5, 5.41) is 15.1. The predicted molar refractivity (Wildman–Crippen MR) is 62.3 cm³/mol. The zero-order valence-electron chi connectivity index (χ0n) is 10.6. The van der Waals surface area contributed by atoms with E-state index in [1.165, 1.54) is 4.90 Å². The summed E-state index contributed by atoms with van der Waals surface area (Å²) in [7, 11) is 0. The van der Waals surface area contributed by atoms with Gasteiger partial charge in [-0.1, -0.05) is 17.3 Å². The Bertz CT molecular complexity index is 651. The van der Waals surface area contributed by atoms with E-state index in [0.29, 0.717) is 11.6 Å². The van der Waals surface area contributed by atoms with Gasteiger partial charge in [-0.25, -0.2) is 0 Å². The Labute approximate surface area is 113 Å². The first kappa shape index (κ1) is 11.7. The van der Waals surface area contributed by atoms with Gasteiger partial charge in [0.2, 0.25) is 5.91 Å². The lowest BCUT2D eigenvalue weighted by Gasteiger charge is -2.24. The van der Waals surface area contributed by atoms with E-state index in [0.717, 1.165) is 0 Å². The smallest absolute Gasteiger partial charge is 0.235 e. The third kappa shape index (κ3) is 1.25. The minimum absolute atomic E-state index is 0.249. The second-order valence-corrected chi connectivity index (χ2v) is 5.44. The maximum atomic E-state index is 12.5. The highest BCUT2D eigenvalue weighted by Crippen LogP contribution is 2.52. The molecule has 1 aromatic heterocycles. The molecule has 0 saturated carbocycles. The van der Waals surface area contributed by atoms with Crippen LogP contribution in [0, 0.1) is 18.8 Å². The van der Waals surface area contributed by atoms with Gasteiger partial charge in [0, 0.05) is 18.0 Å². The molecule has 7 heteroatoms. The van der Waals surface area contributed by atoms with Gasteiger partial charge in [-0.15, -0.1) is 0 Å². The number of rotatable bonds is 2. The molecule has 2 fully saturated rings. The zero-order valence-corrected chi connectivity index (χ0v) is 10.6. The first-order chi connectivity index (χ1) is 9.52. The number of carbonyl (C=O) groups excluding carboxylic acids is 2. The lowest BCUT2D eigenvalue weighted by molar-refractivity contribution is -0.313. The van der Waals surface area contributed by atoms with Crippen LogP contribution in [0.15, 0.2) is 22.7 Å². The number of nitrogens with zero attached hydrogens (tertiary/aromatic N) is 2. The maximum absolute atomic E-state index is 12.5. The Hall–Kier alpha value is -2.15. The molecule has 1 aromatic rings. The van der Waals surface area contributed by atoms with E-state index in [9.17, 15) is 14.7 Å². The summed E-state index contributed by atoms with van der Waals surface area (Å²) < 4.78 is 10.7. The Morgan fingerprint density at radius 2 is 2.40 bits per heavy atom. The molecule has 4 heterocycles. The van der Waals surface area contributed by atoms with Crippen molar-refractivity contribution < 1.29 is 24.0 Å². The molecule has 4 atom stereocenters. The van der Waals surface area contributed by atoms with E-state index in [-0.39, 0.29) is 12.5 Å². The second-order valence-electron chi connectivity index (χ2n) is 5.44. The van der Waals surface area contributed by atoms with E-state index >= 15 is 0 Å². The number of amides is 1. The summed E-state index contributed by atoms with van der Waals surface area (Å²) in [6, 6.07) is 1.64. The second kappa shape index (κ2) is 3.49. The van der Waals surface area contributed by atoms with Crippen molar-refractivity contribution in [2.45, 2.75) is 18.6 Å². The predicted octanol–water partition coefficient (Wildman–Crippen LogP) is -0.981.